The van der Waals surface area contributed by atoms with E-state index in [-0.39, 0.29) is 11.4 Å². The van der Waals surface area contributed by atoms with Crippen LogP contribution < -0.4 is 10.6 Å². The van der Waals surface area contributed by atoms with Gasteiger partial charge in [0.25, 0.3) is 0 Å². The molecule has 0 aromatic rings. The van der Waals surface area contributed by atoms with Crippen molar-refractivity contribution < 1.29 is 4.79 Å². The second-order valence-corrected chi connectivity index (χ2v) is 7.03. The van der Waals surface area contributed by atoms with Crippen molar-refractivity contribution in [1.82, 2.24) is 15.5 Å². The molecule has 1 aliphatic heterocycles. The van der Waals surface area contributed by atoms with Gasteiger partial charge >= 0.3 is 0 Å². The molecule has 2 rings (SSSR count). The highest BCUT2D eigenvalue weighted by atomic mass is 16.2. The van der Waals surface area contributed by atoms with E-state index in [0.29, 0.717) is 5.92 Å². The standard InChI is InChI=1S/C16H31N3O/c1-13-6-4-5-7-14(13)12-18-15(20)16(2,3)19-10-8-17-9-11-19/h13-14,17H,4-12H2,1-3H3,(H,18,20). The molecule has 0 bridgehead atoms. The first-order valence-corrected chi connectivity index (χ1v) is 8.26. The van der Waals surface area contributed by atoms with Crippen molar-refractivity contribution >= 4 is 5.91 Å². The van der Waals surface area contributed by atoms with Gasteiger partial charge in [0.15, 0.2) is 0 Å². The molecule has 0 spiro atoms. The zero-order chi connectivity index (χ0) is 14.6. The van der Waals surface area contributed by atoms with Crippen LogP contribution in [0.4, 0.5) is 0 Å². The van der Waals surface area contributed by atoms with Gasteiger partial charge in [-0.05, 0) is 32.1 Å². The third kappa shape index (κ3) is 3.73. The van der Waals surface area contributed by atoms with Crippen LogP contribution in [0, 0.1) is 11.8 Å². The molecule has 4 heteroatoms. The minimum atomic E-state index is -0.389. The molecule has 1 aliphatic carbocycles. The van der Waals surface area contributed by atoms with Crippen LogP contribution in [0.5, 0.6) is 0 Å². The van der Waals surface area contributed by atoms with E-state index in [1.807, 2.05) is 0 Å². The van der Waals surface area contributed by atoms with Crippen molar-refractivity contribution in [3.63, 3.8) is 0 Å². The van der Waals surface area contributed by atoms with Gasteiger partial charge in [-0.15, -0.1) is 0 Å². The number of carbonyl (C=O) groups is 1. The number of rotatable bonds is 4. The summed E-state index contributed by atoms with van der Waals surface area (Å²) in [6.07, 6.45) is 5.28. The van der Waals surface area contributed by atoms with E-state index < -0.39 is 0 Å². The molecule has 1 saturated carbocycles. The summed E-state index contributed by atoms with van der Waals surface area (Å²) < 4.78 is 0. The molecule has 2 fully saturated rings. The highest BCUT2D eigenvalue weighted by molar-refractivity contribution is 5.85. The van der Waals surface area contributed by atoms with Gasteiger partial charge in [-0.1, -0.05) is 26.2 Å². The molecule has 2 N–H and O–H groups in total. The minimum Gasteiger partial charge on any atom is -0.354 e. The Balaban J connectivity index is 1.83. The maximum Gasteiger partial charge on any atom is 0.239 e. The number of hydrogen-bond donors (Lipinski definition) is 2. The van der Waals surface area contributed by atoms with Crippen LogP contribution in [0.15, 0.2) is 0 Å². The Hall–Kier alpha value is -0.610. The van der Waals surface area contributed by atoms with Crippen LogP contribution in [0.25, 0.3) is 0 Å². The van der Waals surface area contributed by atoms with E-state index in [1.54, 1.807) is 0 Å². The van der Waals surface area contributed by atoms with Crippen LogP contribution >= 0.6 is 0 Å². The molecule has 2 unspecified atom stereocenters. The largest absolute Gasteiger partial charge is 0.354 e. The molecule has 1 heterocycles. The predicted octanol–water partition coefficient (Wildman–Crippen LogP) is 1.61. The van der Waals surface area contributed by atoms with Crippen molar-refractivity contribution in [2.24, 2.45) is 11.8 Å². The molecule has 0 aromatic carbocycles. The smallest absolute Gasteiger partial charge is 0.239 e. The number of nitrogens with one attached hydrogen (secondary N) is 2. The van der Waals surface area contributed by atoms with Crippen molar-refractivity contribution in [3.05, 3.63) is 0 Å². The highest BCUT2D eigenvalue weighted by Gasteiger charge is 2.35. The lowest BCUT2D eigenvalue weighted by Crippen LogP contribution is -2.60. The molecule has 2 aliphatic rings. The number of nitrogens with zero attached hydrogens (tertiary/aromatic N) is 1. The van der Waals surface area contributed by atoms with E-state index in [9.17, 15) is 4.79 Å². The second kappa shape index (κ2) is 6.90. The lowest BCUT2D eigenvalue weighted by atomic mass is 9.80. The fourth-order valence-electron chi connectivity index (χ4n) is 3.50. The maximum atomic E-state index is 12.5. The fourth-order valence-corrected chi connectivity index (χ4v) is 3.50. The first-order chi connectivity index (χ1) is 9.51. The highest BCUT2D eigenvalue weighted by Crippen LogP contribution is 2.29. The Morgan fingerprint density at radius 1 is 1.25 bits per heavy atom. The summed E-state index contributed by atoms with van der Waals surface area (Å²) in [4.78, 5) is 14.8. The van der Waals surface area contributed by atoms with Crippen LogP contribution in [-0.2, 0) is 4.79 Å². The normalized spacial score (nSPS) is 29.1. The van der Waals surface area contributed by atoms with Crippen molar-refractivity contribution in [2.45, 2.75) is 52.0 Å². The third-order valence-corrected chi connectivity index (χ3v) is 5.28. The van der Waals surface area contributed by atoms with Gasteiger partial charge in [0.2, 0.25) is 5.91 Å². The second-order valence-electron chi connectivity index (χ2n) is 7.03. The average molecular weight is 281 g/mol. The number of amides is 1. The minimum absolute atomic E-state index is 0.192. The van der Waals surface area contributed by atoms with E-state index in [1.165, 1.54) is 25.7 Å². The fraction of sp³-hybridized carbons (Fsp3) is 0.938. The number of carbonyl (C=O) groups excluding carboxylic acids is 1. The van der Waals surface area contributed by atoms with Crippen molar-refractivity contribution in [3.8, 4) is 0 Å². The number of piperazine rings is 1. The molecule has 20 heavy (non-hydrogen) atoms. The molecule has 4 nitrogen and oxygen atoms in total. The summed E-state index contributed by atoms with van der Waals surface area (Å²) in [7, 11) is 0. The molecule has 1 saturated heterocycles. The molecule has 2 atom stereocenters. The summed E-state index contributed by atoms with van der Waals surface area (Å²) in [5.74, 6) is 1.62. The monoisotopic (exact) mass is 281 g/mol. The van der Waals surface area contributed by atoms with Gasteiger partial charge in [-0.3, -0.25) is 9.69 Å². The average Bonchev–Trinajstić information content (AvgIpc) is 2.47. The Labute approximate surface area is 123 Å². The zero-order valence-electron chi connectivity index (χ0n) is 13.4. The summed E-state index contributed by atoms with van der Waals surface area (Å²) >= 11 is 0. The summed E-state index contributed by atoms with van der Waals surface area (Å²) in [6, 6.07) is 0. The van der Waals surface area contributed by atoms with E-state index in [2.05, 4.69) is 36.3 Å². The molecular formula is C16H31N3O. The van der Waals surface area contributed by atoms with Crippen LogP contribution in [-0.4, -0.2) is 49.1 Å². The Morgan fingerprint density at radius 2 is 1.90 bits per heavy atom. The third-order valence-electron chi connectivity index (χ3n) is 5.28. The van der Waals surface area contributed by atoms with Crippen molar-refractivity contribution in [1.29, 1.82) is 0 Å². The maximum absolute atomic E-state index is 12.5. The van der Waals surface area contributed by atoms with Gasteiger partial charge in [-0.2, -0.15) is 0 Å². The summed E-state index contributed by atoms with van der Waals surface area (Å²) in [5.41, 5.74) is -0.389. The quantitative estimate of drug-likeness (QED) is 0.823. The summed E-state index contributed by atoms with van der Waals surface area (Å²) in [6.45, 7) is 11.2. The van der Waals surface area contributed by atoms with E-state index >= 15 is 0 Å². The van der Waals surface area contributed by atoms with Gasteiger partial charge in [0.05, 0.1) is 5.54 Å². The van der Waals surface area contributed by atoms with Gasteiger partial charge in [0.1, 0.15) is 0 Å². The lowest BCUT2D eigenvalue weighted by Gasteiger charge is -2.40. The van der Waals surface area contributed by atoms with E-state index in [4.69, 9.17) is 0 Å². The Morgan fingerprint density at radius 3 is 2.55 bits per heavy atom. The molecule has 1 amide bonds. The summed E-state index contributed by atoms with van der Waals surface area (Å²) in [5, 5.41) is 6.56. The van der Waals surface area contributed by atoms with Gasteiger partial charge in [-0.25, -0.2) is 0 Å². The zero-order valence-corrected chi connectivity index (χ0v) is 13.4. The SMILES string of the molecule is CC1CCCCC1CNC(=O)C(C)(C)N1CCNCC1. The molecule has 0 aromatic heterocycles. The number of hydrogen-bond acceptors (Lipinski definition) is 3. The lowest BCUT2D eigenvalue weighted by molar-refractivity contribution is -0.132. The molecule has 116 valence electrons. The van der Waals surface area contributed by atoms with Gasteiger partial charge < -0.3 is 10.6 Å². The van der Waals surface area contributed by atoms with Gasteiger partial charge in [0, 0.05) is 32.7 Å². The van der Waals surface area contributed by atoms with Crippen molar-refractivity contribution in [2.75, 3.05) is 32.7 Å². The van der Waals surface area contributed by atoms with Crippen LogP contribution in [0.1, 0.15) is 46.5 Å². The molecular weight excluding hydrogens is 250 g/mol. The first kappa shape index (κ1) is 15.8. The predicted molar refractivity (Wildman–Crippen MR) is 82.7 cm³/mol. The Bertz CT molecular complexity index is 324. The first-order valence-electron chi connectivity index (χ1n) is 8.26. The topological polar surface area (TPSA) is 44.4 Å². The van der Waals surface area contributed by atoms with E-state index in [0.717, 1.165) is 38.6 Å². The van der Waals surface area contributed by atoms with Crippen LogP contribution in [0.3, 0.4) is 0 Å². The Kier molecular flexibility index (Phi) is 5.44. The molecule has 0 radical (unpaired) electrons. The van der Waals surface area contributed by atoms with Crippen LogP contribution in [0.2, 0.25) is 0 Å².